The van der Waals surface area contributed by atoms with E-state index in [0.29, 0.717) is 39.0 Å². The lowest BCUT2D eigenvalue weighted by atomic mass is 9.78. The molecule has 1 spiro atoms. The number of halogens is 2. The van der Waals surface area contributed by atoms with Crippen LogP contribution in [0.5, 0.6) is 0 Å². The highest BCUT2D eigenvalue weighted by Crippen LogP contribution is 2.40. The Morgan fingerprint density at radius 1 is 1.31 bits per heavy atom. The van der Waals surface area contributed by atoms with Crippen LogP contribution in [0.15, 0.2) is 30.9 Å². The molecule has 140 valence electrons. The maximum Gasteiger partial charge on any atom is 0.317 e. The maximum atomic E-state index is 14.0. The number of amides is 3. The smallest absolute Gasteiger partial charge is 0.317 e. The van der Waals surface area contributed by atoms with Crippen LogP contribution >= 0.6 is 0 Å². The van der Waals surface area contributed by atoms with Gasteiger partial charge < -0.3 is 15.1 Å². The minimum absolute atomic E-state index is 0.0484. The molecule has 1 atom stereocenters. The van der Waals surface area contributed by atoms with Crippen LogP contribution in [0.2, 0.25) is 0 Å². The Balaban J connectivity index is 1.71. The van der Waals surface area contributed by atoms with Crippen LogP contribution in [0.4, 0.5) is 13.6 Å². The van der Waals surface area contributed by atoms with Gasteiger partial charge in [-0.1, -0.05) is 18.2 Å². The van der Waals surface area contributed by atoms with E-state index in [1.54, 1.807) is 15.9 Å². The molecule has 1 unspecified atom stereocenters. The van der Waals surface area contributed by atoms with Gasteiger partial charge >= 0.3 is 6.03 Å². The third-order valence-corrected chi connectivity index (χ3v) is 5.26. The lowest BCUT2D eigenvalue weighted by Crippen LogP contribution is -2.50. The van der Waals surface area contributed by atoms with E-state index in [9.17, 15) is 18.4 Å². The van der Waals surface area contributed by atoms with Crippen molar-refractivity contribution in [2.75, 3.05) is 26.2 Å². The summed E-state index contributed by atoms with van der Waals surface area (Å²) >= 11 is 0. The third kappa shape index (κ3) is 3.43. The second-order valence-corrected chi connectivity index (χ2v) is 6.97. The van der Waals surface area contributed by atoms with Crippen LogP contribution in [-0.4, -0.2) is 47.9 Å². The van der Waals surface area contributed by atoms with Gasteiger partial charge in [-0.15, -0.1) is 6.58 Å². The van der Waals surface area contributed by atoms with Gasteiger partial charge in [-0.2, -0.15) is 0 Å². The van der Waals surface area contributed by atoms with Crippen molar-refractivity contribution in [3.05, 3.63) is 48.1 Å². The molecule has 3 amide bonds. The molecule has 1 N–H and O–H groups in total. The van der Waals surface area contributed by atoms with E-state index in [1.165, 1.54) is 12.1 Å². The van der Waals surface area contributed by atoms with Crippen LogP contribution in [0.3, 0.4) is 0 Å². The SMILES string of the molecule is C=CCNC(=O)N1CCC2(CCCN(Cc3cccc(F)c3F)C2=O)C1. The number of likely N-dealkylation sites (tertiary alicyclic amines) is 2. The monoisotopic (exact) mass is 363 g/mol. The van der Waals surface area contributed by atoms with E-state index in [0.717, 1.165) is 12.5 Å². The number of carbonyl (C=O) groups is 2. The molecule has 2 aliphatic rings. The minimum Gasteiger partial charge on any atom is -0.338 e. The standard InChI is InChI=1S/C19H23F2N3O2/c1-2-9-22-18(26)24-11-8-19(13-24)7-4-10-23(17(19)25)12-14-5-3-6-15(20)16(14)21/h2-3,5-6H,1,4,7-13H2,(H,22,26). The van der Waals surface area contributed by atoms with Crippen molar-refractivity contribution in [1.29, 1.82) is 0 Å². The van der Waals surface area contributed by atoms with Crippen LogP contribution in [0.1, 0.15) is 24.8 Å². The van der Waals surface area contributed by atoms with Crippen molar-refractivity contribution >= 4 is 11.9 Å². The Labute approximate surface area is 151 Å². The Morgan fingerprint density at radius 2 is 2.12 bits per heavy atom. The molecule has 1 aromatic carbocycles. The van der Waals surface area contributed by atoms with Gasteiger partial charge in [0.2, 0.25) is 5.91 Å². The van der Waals surface area contributed by atoms with E-state index in [-0.39, 0.29) is 24.0 Å². The normalized spacial score (nSPS) is 22.8. The molecule has 2 aliphatic heterocycles. The average Bonchev–Trinajstić information content (AvgIpc) is 3.06. The number of piperidine rings is 1. The van der Waals surface area contributed by atoms with Crippen LogP contribution < -0.4 is 5.32 Å². The first kappa shape index (κ1) is 18.4. The fraction of sp³-hybridized carbons (Fsp3) is 0.474. The van der Waals surface area contributed by atoms with Gasteiger partial charge in [-0.25, -0.2) is 13.6 Å². The minimum atomic E-state index is -0.910. The lowest BCUT2D eigenvalue weighted by Gasteiger charge is -2.39. The molecule has 2 heterocycles. The summed E-state index contributed by atoms with van der Waals surface area (Å²) in [5.41, 5.74) is -0.443. The summed E-state index contributed by atoms with van der Waals surface area (Å²) in [6.45, 7) is 5.37. The number of hydrogen-bond acceptors (Lipinski definition) is 2. The second kappa shape index (κ2) is 7.43. The number of rotatable bonds is 4. The molecule has 2 fully saturated rings. The highest BCUT2D eigenvalue weighted by Gasteiger charge is 2.49. The second-order valence-electron chi connectivity index (χ2n) is 6.97. The molecule has 0 aliphatic carbocycles. The first-order chi connectivity index (χ1) is 12.5. The molecule has 2 saturated heterocycles. The largest absolute Gasteiger partial charge is 0.338 e. The van der Waals surface area contributed by atoms with Crippen LogP contribution in [-0.2, 0) is 11.3 Å². The zero-order valence-corrected chi connectivity index (χ0v) is 14.6. The number of benzene rings is 1. The van der Waals surface area contributed by atoms with Gasteiger partial charge in [0.15, 0.2) is 11.6 Å². The first-order valence-electron chi connectivity index (χ1n) is 8.83. The number of nitrogens with one attached hydrogen (secondary N) is 1. The van der Waals surface area contributed by atoms with Crippen molar-refractivity contribution in [1.82, 2.24) is 15.1 Å². The molecule has 3 rings (SSSR count). The molecule has 0 radical (unpaired) electrons. The zero-order valence-electron chi connectivity index (χ0n) is 14.6. The molecule has 0 saturated carbocycles. The van der Waals surface area contributed by atoms with E-state index < -0.39 is 17.0 Å². The Morgan fingerprint density at radius 3 is 2.88 bits per heavy atom. The van der Waals surface area contributed by atoms with Gasteiger partial charge in [-0.3, -0.25) is 4.79 Å². The molecular formula is C19H23F2N3O2. The lowest BCUT2D eigenvalue weighted by molar-refractivity contribution is -0.146. The maximum absolute atomic E-state index is 14.0. The summed E-state index contributed by atoms with van der Waals surface area (Å²) in [5, 5.41) is 2.73. The fourth-order valence-corrected chi connectivity index (χ4v) is 3.87. The summed E-state index contributed by atoms with van der Waals surface area (Å²) in [7, 11) is 0. The zero-order chi connectivity index (χ0) is 18.7. The molecule has 7 heteroatoms. The number of urea groups is 1. The molecular weight excluding hydrogens is 340 g/mol. The Bertz CT molecular complexity index is 725. The summed E-state index contributed by atoms with van der Waals surface area (Å²) < 4.78 is 27.4. The van der Waals surface area contributed by atoms with E-state index >= 15 is 0 Å². The average molecular weight is 363 g/mol. The van der Waals surface area contributed by atoms with E-state index in [1.807, 2.05) is 0 Å². The predicted molar refractivity (Wildman–Crippen MR) is 93.2 cm³/mol. The van der Waals surface area contributed by atoms with Crippen molar-refractivity contribution in [3.8, 4) is 0 Å². The van der Waals surface area contributed by atoms with Crippen LogP contribution in [0, 0.1) is 17.0 Å². The highest BCUT2D eigenvalue weighted by molar-refractivity contribution is 5.85. The van der Waals surface area contributed by atoms with Gasteiger partial charge in [0.05, 0.1) is 5.41 Å². The summed E-state index contributed by atoms with van der Waals surface area (Å²) in [5.74, 6) is -1.89. The first-order valence-corrected chi connectivity index (χ1v) is 8.83. The van der Waals surface area contributed by atoms with Crippen molar-refractivity contribution in [3.63, 3.8) is 0 Å². The third-order valence-electron chi connectivity index (χ3n) is 5.26. The Kier molecular flexibility index (Phi) is 5.25. The molecule has 0 bridgehead atoms. The van der Waals surface area contributed by atoms with Gasteiger partial charge in [-0.05, 0) is 25.3 Å². The van der Waals surface area contributed by atoms with Gasteiger partial charge in [0.25, 0.3) is 0 Å². The highest BCUT2D eigenvalue weighted by atomic mass is 19.2. The number of carbonyl (C=O) groups excluding carboxylic acids is 2. The fourth-order valence-electron chi connectivity index (χ4n) is 3.87. The van der Waals surface area contributed by atoms with Crippen molar-refractivity contribution in [2.45, 2.75) is 25.8 Å². The molecule has 1 aromatic rings. The molecule has 26 heavy (non-hydrogen) atoms. The van der Waals surface area contributed by atoms with E-state index in [4.69, 9.17) is 0 Å². The summed E-state index contributed by atoms with van der Waals surface area (Å²) in [6.07, 6.45) is 3.68. The quantitative estimate of drug-likeness (QED) is 0.837. The molecule has 5 nitrogen and oxygen atoms in total. The van der Waals surface area contributed by atoms with Crippen molar-refractivity contribution in [2.24, 2.45) is 5.41 Å². The van der Waals surface area contributed by atoms with E-state index in [2.05, 4.69) is 11.9 Å². The number of hydrogen-bond donors (Lipinski definition) is 1. The summed E-state index contributed by atoms with van der Waals surface area (Å²) in [6, 6.07) is 3.80. The predicted octanol–water partition coefficient (Wildman–Crippen LogP) is 2.67. The van der Waals surface area contributed by atoms with Gasteiger partial charge in [0, 0.05) is 38.3 Å². The van der Waals surface area contributed by atoms with Crippen LogP contribution in [0.25, 0.3) is 0 Å². The molecule has 0 aromatic heterocycles. The van der Waals surface area contributed by atoms with Crippen molar-refractivity contribution < 1.29 is 18.4 Å². The summed E-state index contributed by atoms with van der Waals surface area (Å²) in [4.78, 5) is 28.4. The Hall–Kier alpha value is -2.44. The topological polar surface area (TPSA) is 52.7 Å². The number of nitrogens with zero attached hydrogens (tertiary/aromatic N) is 2. The van der Waals surface area contributed by atoms with Gasteiger partial charge in [0.1, 0.15) is 0 Å².